The summed E-state index contributed by atoms with van der Waals surface area (Å²) < 4.78 is 0. The topological polar surface area (TPSA) is 49.3 Å². The van der Waals surface area contributed by atoms with Crippen molar-refractivity contribution in [3.05, 3.63) is 70.9 Å². The first kappa shape index (κ1) is 17.7. The van der Waals surface area contributed by atoms with E-state index in [-0.39, 0.29) is 5.91 Å². The van der Waals surface area contributed by atoms with E-state index in [9.17, 15) is 4.79 Å². The molecule has 3 heterocycles. The summed E-state index contributed by atoms with van der Waals surface area (Å²) in [6.45, 7) is 7.39. The van der Waals surface area contributed by atoms with Crippen molar-refractivity contribution in [1.29, 1.82) is 0 Å². The minimum atomic E-state index is 0.0662. The Morgan fingerprint density at radius 3 is 2.56 bits per heavy atom. The number of carbonyl (C=O) groups excluding carboxylic acids is 1. The van der Waals surface area contributed by atoms with Crippen LogP contribution in [-0.4, -0.2) is 51.9 Å². The lowest BCUT2D eigenvalue weighted by Gasteiger charge is -2.21. The molecule has 0 radical (unpaired) electrons. The van der Waals surface area contributed by atoms with E-state index in [1.165, 1.54) is 17.5 Å². The second-order valence-corrected chi connectivity index (χ2v) is 7.59. The number of nitrogens with zero attached hydrogens (tertiary/aromatic N) is 4. The van der Waals surface area contributed by atoms with Gasteiger partial charge in [-0.25, -0.2) is 9.97 Å². The summed E-state index contributed by atoms with van der Waals surface area (Å²) in [4.78, 5) is 25.7. The zero-order valence-corrected chi connectivity index (χ0v) is 16.1. The number of fused-ring (bicyclic) bond motifs is 1. The van der Waals surface area contributed by atoms with Gasteiger partial charge < -0.3 is 9.80 Å². The molecule has 1 amide bonds. The second kappa shape index (κ2) is 7.51. The van der Waals surface area contributed by atoms with Gasteiger partial charge in [0.25, 0.3) is 5.91 Å². The number of carbonyl (C=O) groups is 1. The van der Waals surface area contributed by atoms with E-state index < -0.39 is 0 Å². The fourth-order valence-electron chi connectivity index (χ4n) is 4.19. The van der Waals surface area contributed by atoms with Gasteiger partial charge in [-0.1, -0.05) is 30.3 Å². The average molecular weight is 362 g/mol. The second-order valence-electron chi connectivity index (χ2n) is 7.59. The van der Waals surface area contributed by atoms with Crippen LogP contribution in [0.25, 0.3) is 0 Å². The maximum absolute atomic E-state index is 12.9. The minimum Gasteiger partial charge on any atom is -0.377 e. The molecule has 1 fully saturated rings. The number of aryl methyl sites for hydroxylation is 3. The minimum absolute atomic E-state index is 0.0662. The fraction of sp³-hybridized carbons (Fsp3) is 0.409. The van der Waals surface area contributed by atoms with Crippen LogP contribution >= 0.6 is 0 Å². The summed E-state index contributed by atoms with van der Waals surface area (Å²) in [7, 11) is 0. The molecule has 27 heavy (non-hydrogen) atoms. The lowest BCUT2D eigenvalue weighted by atomic mass is 10.1. The summed E-state index contributed by atoms with van der Waals surface area (Å²) in [6.07, 6.45) is 6.07. The molecule has 0 bridgehead atoms. The SMILES string of the molecule is Cc1ncnc(C)c1C(=O)N1CC2=CN(CCCc3ccccc3)CC2C1. The molecule has 2 aliphatic rings. The van der Waals surface area contributed by atoms with E-state index in [0.29, 0.717) is 11.5 Å². The number of rotatable bonds is 5. The van der Waals surface area contributed by atoms with E-state index in [2.05, 4.69) is 51.4 Å². The average Bonchev–Trinajstić information content (AvgIpc) is 3.21. The highest BCUT2D eigenvalue weighted by Gasteiger charge is 2.36. The molecule has 140 valence electrons. The molecule has 4 rings (SSSR count). The molecule has 1 aromatic carbocycles. The molecule has 1 unspecified atom stereocenters. The number of hydrogen-bond donors (Lipinski definition) is 0. The van der Waals surface area contributed by atoms with Crippen LogP contribution < -0.4 is 0 Å². The van der Waals surface area contributed by atoms with E-state index >= 15 is 0 Å². The van der Waals surface area contributed by atoms with Crippen molar-refractivity contribution in [1.82, 2.24) is 19.8 Å². The number of hydrogen-bond acceptors (Lipinski definition) is 4. The fourth-order valence-corrected chi connectivity index (χ4v) is 4.19. The van der Waals surface area contributed by atoms with Gasteiger partial charge in [-0.2, -0.15) is 0 Å². The van der Waals surface area contributed by atoms with Gasteiger partial charge in [-0.15, -0.1) is 0 Å². The van der Waals surface area contributed by atoms with Gasteiger partial charge in [0.1, 0.15) is 6.33 Å². The monoisotopic (exact) mass is 362 g/mol. The van der Waals surface area contributed by atoms with E-state index in [1.54, 1.807) is 0 Å². The lowest BCUT2D eigenvalue weighted by molar-refractivity contribution is 0.0782. The van der Waals surface area contributed by atoms with Crippen LogP contribution in [0.2, 0.25) is 0 Å². The molecule has 0 spiro atoms. The van der Waals surface area contributed by atoms with Crippen molar-refractivity contribution in [2.45, 2.75) is 26.7 Å². The Bertz CT molecular complexity index is 842. The maximum atomic E-state index is 12.9. The highest BCUT2D eigenvalue weighted by Crippen LogP contribution is 2.31. The standard InChI is InChI=1S/C22H26N4O/c1-16-21(17(2)24-15-23-16)22(27)26-13-19-11-25(12-20(19)14-26)10-6-9-18-7-4-3-5-8-18/h3-5,7-8,11,15,20H,6,9-10,12-14H2,1-2H3. The molecule has 2 aliphatic heterocycles. The summed E-state index contributed by atoms with van der Waals surface area (Å²) in [6, 6.07) is 10.7. The molecule has 2 aromatic rings. The van der Waals surface area contributed by atoms with Gasteiger partial charge >= 0.3 is 0 Å². The van der Waals surface area contributed by atoms with Crippen LogP contribution in [-0.2, 0) is 6.42 Å². The smallest absolute Gasteiger partial charge is 0.257 e. The van der Waals surface area contributed by atoms with Gasteiger partial charge in [0.2, 0.25) is 0 Å². The normalized spacial score (nSPS) is 18.6. The van der Waals surface area contributed by atoms with Gasteiger partial charge in [0.15, 0.2) is 0 Å². The highest BCUT2D eigenvalue weighted by molar-refractivity contribution is 5.96. The van der Waals surface area contributed by atoms with Gasteiger partial charge in [-0.05, 0) is 37.8 Å². The van der Waals surface area contributed by atoms with Crippen molar-refractivity contribution in [2.24, 2.45) is 5.92 Å². The third-order valence-corrected chi connectivity index (χ3v) is 5.62. The predicted molar refractivity (Wildman–Crippen MR) is 105 cm³/mol. The van der Waals surface area contributed by atoms with Crippen LogP contribution in [0, 0.1) is 19.8 Å². The first-order chi connectivity index (χ1) is 13.1. The van der Waals surface area contributed by atoms with Crippen LogP contribution in [0.3, 0.4) is 0 Å². The number of benzene rings is 1. The van der Waals surface area contributed by atoms with Crippen molar-refractivity contribution < 1.29 is 4.79 Å². The van der Waals surface area contributed by atoms with Gasteiger partial charge in [-0.3, -0.25) is 4.79 Å². The Morgan fingerprint density at radius 1 is 1.11 bits per heavy atom. The Labute approximate surface area is 160 Å². The quantitative estimate of drug-likeness (QED) is 0.820. The van der Waals surface area contributed by atoms with Crippen LogP contribution in [0.4, 0.5) is 0 Å². The molecule has 5 heteroatoms. The molecule has 0 aliphatic carbocycles. The molecule has 0 N–H and O–H groups in total. The predicted octanol–water partition coefficient (Wildman–Crippen LogP) is 3.00. The number of likely N-dealkylation sites (tertiary alicyclic amines) is 1. The van der Waals surface area contributed by atoms with Crippen molar-refractivity contribution >= 4 is 5.91 Å². The summed E-state index contributed by atoms with van der Waals surface area (Å²) in [5, 5.41) is 0. The van der Waals surface area contributed by atoms with Crippen LogP contribution in [0.1, 0.15) is 33.7 Å². The van der Waals surface area contributed by atoms with Crippen LogP contribution in [0.15, 0.2) is 48.4 Å². The van der Waals surface area contributed by atoms with Crippen molar-refractivity contribution in [3.63, 3.8) is 0 Å². The highest BCUT2D eigenvalue weighted by atomic mass is 16.2. The van der Waals surface area contributed by atoms with E-state index in [1.807, 2.05) is 18.7 Å². The molecule has 1 aromatic heterocycles. The van der Waals surface area contributed by atoms with Gasteiger partial charge in [0, 0.05) is 38.3 Å². The molecular formula is C22H26N4O. The van der Waals surface area contributed by atoms with Crippen molar-refractivity contribution in [2.75, 3.05) is 26.2 Å². The number of aromatic nitrogens is 2. The molecular weight excluding hydrogens is 336 g/mol. The number of amides is 1. The molecule has 5 nitrogen and oxygen atoms in total. The Hall–Kier alpha value is -2.69. The molecule has 0 saturated carbocycles. The van der Waals surface area contributed by atoms with E-state index in [0.717, 1.165) is 50.4 Å². The Kier molecular flexibility index (Phi) is 4.92. The first-order valence-electron chi connectivity index (χ1n) is 9.68. The zero-order chi connectivity index (χ0) is 18.8. The Morgan fingerprint density at radius 2 is 1.85 bits per heavy atom. The third kappa shape index (κ3) is 3.72. The Balaban J connectivity index is 1.34. The van der Waals surface area contributed by atoms with E-state index in [4.69, 9.17) is 0 Å². The largest absolute Gasteiger partial charge is 0.377 e. The molecule has 1 saturated heterocycles. The summed E-state index contributed by atoms with van der Waals surface area (Å²) >= 11 is 0. The zero-order valence-electron chi connectivity index (χ0n) is 16.1. The van der Waals surface area contributed by atoms with Crippen LogP contribution in [0.5, 0.6) is 0 Å². The third-order valence-electron chi connectivity index (χ3n) is 5.62. The summed E-state index contributed by atoms with van der Waals surface area (Å²) in [5.41, 5.74) is 4.98. The molecule has 1 atom stereocenters. The lowest BCUT2D eigenvalue weighted by Crippen LogP contribution is -2.32. The van der Waals surface area contributed by atoms with Crippen molar-refractivity contribution in [3.8, 4) is 0 Å². The summed E-state index contributed by atoms with van der Waals surface area (Å²) in [5.74, 6) is 0.535. The van der Waals surface area contributed by atoms with Gasteiger partial charge in [0.05, 0.1) is 17.0 Å². The first-order valence-corrected chi connectivity index (χ1v) is 9.68. The maximum Gasteiger partial charge on any atom is 0.257 e.